The third kappa shape index (κ3) is 1.89. The molecule has 13 heavy (non-hydrogen) atoms. The summed E-state index contributed by atoms with van der Waals surface area (Å²) in [6.45, 7) is 0. The maximum atomic E-state index is 5.70. The van der Waals surface area contributed by atoms with Crippen LogP contribution in [0.5, 0.6) is 0 Å². The number of hydrogen-bond donors (Lipinski definition) is 0. The van der Waals surface area contributed by atoms with Crippen molar-refractivity contribution in [2.75, 3.05) is 0 Å². The molecule has 0 amide bonds. The normalized spacial score (nSPS) is 10.3. The molecular weight excluding hydrogens is 253 g/mol. The zero-order valence-electron chi connectivity index (χ0n) is 6.48. The van der Waals surface area contributed by atoms with Crippen molar-refractivity contribution in [1.82, 2.24) is 14.8 Å². The van der Waals surface area contributed by atoms with Crippen molar-refractivity contribution in [1.29, 1.82) is 0 Å². The Morgan fingerprint density at radius 1 is 1.31 bits per heavy atom. The summed E-state index contributed by atoms with van der Waals surface area (Å²) in [6, 6.07) is 5.43. The molecule has 0 spiro atoms. The highest BCUT2D eigenvalue weighted by atomic mass is 79.9. The highest BCUT2D eigenvalue weighted by Crippen LogP contribution is 2.11. The van der Waals surface area contributed by atoms with Gasteiger partial charge in [0.15, 0.2) is 5.82 Å². The van der Waals surface area contributed by atoms with Gasteiger partial charge in [0.25, 0.3) is 0 Å². The summed E-state index contributed by atoms with van der Waals surface area (Å²) in [6.07, 6.45) is 3.41. The number of halogens is 2. The monoisotopic (exact) mass is 257 g/mol. The van der Waals surface area contributed by atoms with Gasteiger partial charge in [0, 0.05) is 12.4 Å². The molecule has 2 heterocycles. The van der Waals surface area contributed by atoms with Gasteiger partial charge in [-0.2, -0.15) is 5.10 Å². The zero-order valence-corrected chi connectivity index (χ0v) is 8.83. The smallest absolute Gasteiger partial charge is 0.153 e. The zero-order chi connectivity index (χ0) is 9.26. The molecule has 0 saturated carbocycles. The fourth-order valence-electron chi connectivity index (χ4n) is 0.933. The number of hydrogen-bond acceptors (Lipinski definition) is 2. The Bertz CT molecular complexity index is 410. The topological polar surface area (TPSA) is 30.7 Å². The van der Waals surface area contributed by atoms with Gasteiger partial charge in [0.1, 0.15) is 4.60 Å². The fraction of sp³-hybridized carbons (Fsp3) is 0. The third-order valence-corrected chi connectivity index (χ3v) is 2.15. The molecule has 0 fully saturated rings. The van der Waals surface area contributed by atoms with E-state index in [0.717, 1.165) is 10.4 Å². The summed E-state index contributed by atoms with van der Waals surface area (Å²) in [7, 11) is 0. The summed E-state index contributed by atoms with van der Waals surface area (Å²) >= 11 is 8.96. The van der Waals surface area contributed by atoms with Gasteiger partial charge in [-0.25, -0.2) is 9.67 Å². The molecule has 0 aliphatic rings. The molecule has 3 nitrogen and oxygen atoms in total. The highest BCUT2D eigenvalue weighted by molar-refractivity contribution is 9.10. The van der Waals surface area contributed by atoms with E-state index in [-0.39, 0.29) is 0 Å². The number of nitrogens with zero attached hydrogens (tertiary/aromatic N) is 3. The lowest BCUT2D eigenvalue weighted by atomic mass is 10.5. The molecule has 0 N–H and O–H groups in total. The van der Waals surface area contributed by atoms with Crippen LogP contribution < -0.4 is 0 Å². The SMILES string of the molecule is Clc1ccc(-n2ccc(Br)n2)nc1. The van der Waals surface area contributed by atoms with E-state index in [9.17, 15) is 0 Å². The van der Waals surface area contributed by atoms with Crippen LogP contribution in [0, 0.1) is 0 Å². The maximum Gasteiger partial charge on any atom is 0.153 e. The first-order chi connectivity index (χ1) is 6.25. The molecule has 0 saturated heterocycles. The first-order valence-electron chi connectivity index (χ1n) is 3.59. The quantitative estimate of drug-likeness (QED) is 0.787. The van der Waals surface area contributed by atoms with Gasteiger partial charge < -0.3 is 0 Å². The minimum absolute atomic E-state index is 0.620. The lowest BCUT2D eigenvalue weighted by Crippen LogP contribution is -1.96. The van der Waals surface area contributed by atoms with E-state index in [1.54, 1.807) is 16.9 Å². The fourth-order valence-corrected chi connectivity index (χ4v) is 1.33. The number of pyridine rings is 1. The van der Waals surface area contributed by atoms with E-state index in [1.807, 2.05) is 18.3 Å². The lowest BCUT2D eigenvalue weighted by Gasteiger charge is -1.98. The largest absolute Gasteiger partial charge is 0.236 e. The van der Waals surface area contributed by atoms with Crippen molar-refractivity contribution in [2.24, 2.45) is 0 Å². The van der Waals surface area contributed by atoms with Gasteiger partial charge in [-0.15, -0.1) is 0 Å². The predicted octanol–water partition coefficient (Wildman–Crippen LogP) is 2.68. The molecule has 0 bridgehead atoms. The van der Waals surface area contributed by atoms with E-state index in [1.165, 1.54) is 0 Å². The molecule has 0 aliphatic heterocycles. The molecule has 2 aromatic heterocycles. The number of aromatic nitrogens is 3. The van der Waals surface area contributed by atoms with Crippen LogP contribution in [0.3, 0.4) is 0 Å². The summed E-state index contributed by atoms with van der Waals surface area (Å²) < 4.78 is 2.45. The van der Waals surface area contributed by atoms with Crippen molar-refractivity contribution in [2.45, 2.75) is 0 Å². The molecule has 0 aliphatic carbocycles. The summed E-state index contributed by atoms with van der Waals surface area (Å²) in [5.41, 5.74) is 0. The average Bonchev–Trinajstić information content (AvgIpc) is 2.53. The standard InChI is InChI=1S/C8H5BrClN3/c9-7-3-4-13(12-7)8-2-1-6(10)5-11-8/h1-5H. The van der Waals surface area contributed by atoms with Crippen molar-refractivity contribution in [3.8, 4) is 5.82 Å². The third-order valence-electron chi connectivity index (χ3n) is 1.50. The molecule has 66 valence electrons. The van der Waals surface area contributed by atoms with Crippen LogP contribution >= 0.6 is 27.5 Å². The van der Waals surface area contributed by atoms with Crippen molar-refractivity contribution < 1.29 is 0 Å². The van der Waals surface area contributed by atoms with Crippen LogP contribution in [0.4, 0.5) is 0 Å². The molecule has 2 rings (SSSR count). The molecule has 0 radical (unpaired) electrons. The Hall–Kier alpha value is -0.870. The van der Waals surface area contributed by atoms with Crippen molar-refractivity contribution in [3.05, 3.63) is 40.2 Å². The molecule has 5 heteroatoms. The van der Waals surface area contributed by atoms with Crippen molar-refractivity contribution in [3.63, 3.8) is 0 Å². The molecule has 0 aromatic carbocycles. The first kappa shape index (κ1) is 8.72. The molecule has 0 unspecified atom stereocenters. The van der Waals surface area contributed by atoms with E-state index in [2.05, 4.69) is 26.0 Å². The second kappa shape index (κ2) is 3.47. The van der Waals surface area contributed by atoms with Gasteiger partial charge >= 0.3 is 0 Å². The predicted molar refractivity (Wildman–Crippen MR) is 54.1 cm³/mol. The van der Waals surface area contributed by atoms with Crippen LogP contribution in [-0.2, 0) is 0 Å². The minimum atomic E-state index is 0.620. The second-order valence-electron chi connectivity index (χ2n) is 2.42. The minimum Gasteiger partial charge on any atom is -0.236 e. The average molecular weight is 259 g/mol. The molecule has 0 atom stereocenters. The molecular formula is C8H5BrClN3. The Labute approximate surface area is 88.5 Å². The summed E-state index contributed by atoms with van der Waals surface area (Å²) in [4.78, 5) is 4.11. The van der Waals surface area contributed by atoms with Crippen LogP contribution in [0.1, 0.15) is 0 Å². The Morgan fingerprint density at radius 2 is 2.15 bits per heavy atom. The van der Waals surface area contributed by atoms with Gasteiger partial charge in [-0.3, -0.25) is 0 Å². The van der Waals surface area contributed by atoms with Crippen LogP contribution in [0.25, 0.3) is 5.82 Å². The summed E-state index contributed by atoms with van der Waals surface area (Å²) in [5, 5.41) is 4.76. The summed E-state index contributed by atoms with van der Waals surface area (Å²) in [5.74, 6) is 0.745. The van der Waals surface area contributed by atoms with E-state index < -0.39 is 0 Å². The number of rotatable bonds is 1. The highest BCUT2D eigenvalue weighted by Gasteiger charge is 1.98. The molecule has 2 aromatic rings. The van der Waals surface area contributed by atoms with E-state index >= 15 is 0 Å². The first-order valence-corrected chi connectivity index (χ1v) is 4.76. The van der Waals surface area contributed by atoms with E-state index in [0.29, 0.717) is 5.02 Å². The van der Waals surface area contributed by atoms with E-state index in [4.69, 9.17) is 11.6 Å². The Kier molecular flexibility index (Phi) is 2.33. The van der Waals surface area contributed by atoms with Crippen LogP contribution in [0.15, 0.2) is 35.2 Å². The maximum absolute atomic E-state index is 5.70. The Balaban J connectivity index is 2.41. The van der Waals surface area contributed by atoms with Gasteiger partial charge in [0.2, 0.25) is 0 Å². The second-order valence-corrected chi connectivity index (χ2v) is 3.67. The Morgan fingerprint density at radius 3 is 2.69 bits per heavy atom. The van der Waals surface area contributed by atoms with Crippen LogP contribution in [-0.4, -0.2) is 14.8 Å². The lowest BCUT2D eigenvalue weighted by molar-refractivity contribution is 0.838. The van der Waals surface area contributed by atoms with Crippen molar-refractivity contribution >= 4 is 27.5 Å². The van der Waals surface area contributed by atoms with Gasteiger partial charge in [0.05, 0.1) is 5.02 Å². The van der Waals surface area contributed by atoms with Gasteiger partial charge in [-0.1, -0.05) is 11.6 Å². The van der Waals surface area contributed by atoms with Crippen LogP contribution in [0.2, 0.25) is 5.02 Å². The van der Waals surface area contributed by atoms with Gasteiger partial charge in [-0.05, 0) is 34.1 Å².